The number of fused-ring (bicyclic) bond motifs is 1. The molecule has 2 aromatic carbocycles. The SMILES string of the molecule is Clc1ccc2nc(N3CCCC3)cc(-c3ccccc3)c2c1. The molecular formula is C19H17ClN2. The van der Waals surface area contributed by atoms with Gasteiger partial charge in [-0.2, -0.15) is 0 Å². The Bertz CT molecular complexity index is 808. The van der Waals surface area contributed by atoms with Gasteiger partial charge in [-0.1, -0.05) is 41.9 Å². The maximum atomic E-state index is 6.21. The fourth-order valence-corrected chi connectivity index (χ4v) is 3.32. The second-order valence-corrected chi connectivity index (χ2v) is 6.19. The molecule has 1 aliphatic heterocycles. The summed E-state index contributed by atoms with van der Waals surface area (Å²) in [5, 5.41) is 1.86. The lowest BCUT2D eigenvalue weighted by Gasteiger charge is -2.19. The second kappa shape index (κ2) is 5.62. The van der Waals surface area contributed by atoms with Gasteiger partial charge in [0.05, 0.1) is 5.52 Å². The molecule has 4 rings (SSSR count). The average molecular weight is 309 g/mol. The number of hydrogen-bond donors (Lipinski definition) is 0. The molecule has 2 nitrogen and oxygen atoms in total. The van der Waals surface area contributed by atoms with Crippen molar-refractivity contribution in [3.63, 3.8) is 0 Å². The highest BCUT2D eigenvalue weighted by molar-refractivity contribution is 6.31. The molecule has 0 bridgehead atoms. The Kier molecular flexibility index (Phi) is 3.47. The van der Waals surface area contributed by atoms with E-state index in [1.807, 2.05) is 24.3 Å². The monoisotopic (exact) mass is 308 g/mol. The van der Waals surface area contributed by atoms with Crippen LogP contribution in [-0.2, 0) is 0 Å². The number of hydrogen-bond acceptors (Lipinski definition) is 2. The molecule has 110 valence electrons. The van der Waals surface area contributed by atoms with E-state index >= 15 is 0 Å². The Morgan fingerprint density at radius 1 is 0.909 bits per heavy atom. The van der Waals surface area contributed by atoms with Gasteiger partial charge in [-0.05, 0) is 48.2 Å². The van der Waals surface area contributed by atoms with E-state index < -0.39 is 0 Å². The van der Waals surface area contributed by atoms with Crippen LogP contribution in [0.4, 0.5) is 5.82 Å². The van der Waals surface area contributed by atoms with E-state index in [1.165, 1.54) is 24.0 Å². The van der Waals surface area contributed by atoms with Gasteiger partial charge >= 0.3 is 0 Å². The fraction of sp³-hybridized carbons (Fsp3) is 0.211. The molecule has 22 heavy (non-hydrogen) atoms. The van der Waals surface area contributed by atoms with E-state index in [-0.39, 0.29) is 0 Å². The topological polar surface area (TPSA) is 16.1 Å². The third kappa shape index (κ3) is 2.44. The molecule has 0 amide bonds. The van der Waals surface area contributed by atoms with Crippen molar-refractivity contribution in [3.8, 4) is 11.1 Å². The largest absolute Gasteiger partial charge is 0.357 e. The van der Waals surface area contributed by atoms with Gasteiger partial charge in [-0.25, -0.2) is 4.98 Å². The fourth-order valence-electron chi connectivity index (χ4n) is 3.15. The van der Waals surface area contributed by atoms with Gasteiger partial charge in [0.15, 0.2) is 0 Å². The molecule has 3 heteroatoms. The number of aromatic nitrogens is 1. The number of halogens is 1. The Hall–Kier alpha value is -2.06. The quantitative estimate of drug-likeness (QED) is 0.650. The van der Waals surface area contributed by atoms with Crippen molar-refractivity contribution in [3.05, 3.63) is 59.6 Å². The Morgan fingerprint density at radius 2 is 1.68 bits per heavy atom. The molecule has 1 fully saturated rings. The summed E-state index contributed by atoms with van der Waals surface area (Å²) in [6.45, 7) is 2.20. The molecule has 2 heterocycles. The van der Waals surface area contributed by atoms with E-state index in [1.54, 1.807) is 0 Å². The van der Waals surface area contributed by atoms with Crippen LogP contribution in [0.1, 0.15) is 12.8 Å². The lowest BCUT2D eigenvalue weighted by atomic mass is 10.0. The zero-order valence-corrected chi connectivity index (χ0v) is 13.1. The molecule has 1 aromatic heterocycles. The summed E-state index contributed by atoms with van der Waals surface area (Å²) in [5.74, 6) is 1.08. The molecule has 0 radical (unpaired) electrons. The lowest BCUT2D eigenvalue weighted by molar-refractivity contribution is 0.944. The van der Waals surface area contributed by atoms with Crippen molar-refractivity contribution in [2.45, 2.75) is 12.8 Å². The summed E-state index contributed by atoms with van der Waals surface area (Å²) in [6.07, 6.45) is 2.50. The summed E-state index contributed by atoms with van der Waals surface area (Å²) >= 11 is 6.21. The van der Waals surface area contributed by atoms with Crippen LogP contribution in [-0.4, -0.2) is 18.1 Å². The van der Waals surface area contributed by atoms with Crippen molar-refractivity contribution in [1.29, 1.82) is 0 Å². The predicted octanol–water partition coefficient (Wildman–Crippen LogP) is 5.16. The van der Waals surface area contributed by atoms with Crippen LogP contribution in [0.25, 0.3) is 22.0 Å². The van der Waals surface area contributed by atoms with Gasteiger partial charge in [-0.15, -0.1) is 0 Å². The predicted molar refractivity (Wildman–Crippen MR) is 93.6 cm³/mol. The molecule has 3 aromatic rings. The Labute approximate surface area is 135 Å². The minimum Gasteiger partial charge on any atom is -0.357 e. The van der Waals surface area contributed by atoms with E-state index in [0.717, 1.165) is 34.8 Å². The molecule has 1 aliphatic rings. The Balaban J connectivity index is 1.96. The summed E-state index contributed by atoms with van der Waals surface area (Å²) in [5.41, 5.74) is 3.42. The maximum absolute atomic E-state index is 6.21. The highest BCUT2D eigenvalue weighted by atomic mass is 35.5. The first kappa shape index (κ1) is 13.6. The summed E-state index contributed by atoms with van der Waals surface area (Å²) in [4.78, 5) is 7.23. The lowest BCUT2D eigenvalue weighted by Crippen LogP contribution is -2.19. The molecule has 0 unspecified atom stereocenters. The summed E-state index contributed by atoms with van der Waals surface area (Å²) in [6, 6.07) is 18.6. The van der Waals surface area contributed by atoms with E-state index in [9.17, 15) is 0 Å². The van der Waals surface area contributed by atoms with Crippen LogP contribution in [0.2, 0.25) is 5.02 Å². The third-order valence-corrected chi connectivity index (χ3v) is 4.51. The van der Waals surface area contributed by atoms with Gasteiger partial charge in [0, 0.05) is 23.5 Å². The normalized spacial score (nSPS) is 14.7. The van der Waals surface area contributed by atoms with Crippen molar-refractivity contribution < 1.29 is 0 Å². The molecule has 0 aliphatic carbocycles. The molecule has 0 atom stereocenters. The van der Waals surface area contributed by atoms with E-state index in [2.05, 4.69) is 35.2 Å². The van der Waals surface area contributed by atoms with Crippen molar-refractivity contribution in [1.82, 2.24) is 4.98 Å². The van der Waals surface area contributed by atoms with E-state index in [4.69, 9.17) is 16.6 Å². The zero-order chi connectivity index (χ0) is 14.9. The Morgan fingerprint density at radius 3 is 2.45 bits per heavy atom. The van der Waals surface area contributed by atoms with E-state index in [0.29, 0.717) is 0 Å². The molecule has 0 saturated carbocycles. The number of anilines is 1. The van der Waals surface area contributed by atoms with Crippen molar-refractivity contribution in [2.75, 3.05) is 18.0 Å². The van der Waals surface area contributed by atoms with Gasteiger partial charge in [0.2, 0.25) is 0 Å². The molecular weight excluding hydrogens is 292 g/mol. The number of pyridine rings is 1. The van der Waals surface area contributed by atoms with Crippen LogP contribution in [0.15, 0.2) is 54.6 Å². The maximum Gasteiger partial charge on any atom is 0.129 e. The minimum atomic E-state index is 0.750. The van der Waals surface area contributed by atoms with Crippen LogP contribution in [0, 0.1) is 0 Å². The van der Waals surface area contributed by atoms with Crippen molar-refractivity contribution >= 4 is 28.3 Å². The number of nitrogens with zero attached hydrogens (tertiary/aromatic N) is 2. The van der Waals surface area contributed by atoms with Gasteiger partial charge < -0.3 is 4.90 Å². The van der Waals surface area contributed by atoms with Crippen LogP contribution in [0.5, 0.6) is 0 Å². The third-order valence-electron chi connectivity index (χ3n) is 4.27. The average Bonchev–Trinajstić information content (AvgIpc) is 3.09. The first-order valence-corrected chi connectivity index (χ1v) is 8.10. The molecule has 0 spiro atoms. The van der Waals surface area contributed by atoms with Crippen LogP contribution >= 0.6 is 11.6 Å². The number of benzene rings is 2. The highest BCUT2D eigenvalue weighted by Gasteiger charge is 2.16. The standard InChI is InChI=1S/C19H17ClN2/c20-15-8-9-18-17(12-15)16(14-6-2-1-3-7-14)13-19(21-18)22-10-4-5-11-22/h1-3,6-9,12-13H,4-5,10-11H2. The highest BCUT2D eigenvalue weighted by Crippen LogP contribution is 2.33. The molecule has 0 N–H and O–H groups in total. The van der Waals surface area contributed by atoms with Crippen LogP contribution < -0.4 is 4.90 Å². The molecule has 1 saturated heterocycles. The van der Waals surface area contributed by atoms with Gasteiger partial charge in [0.1, 0.15) is 5.82 Å². The van der Waals surface area contributed by atoms with Gasteiger partial charge in [0.25, 0.3) is 0 Å². The smallest absolute Gasteiger partial charge is 0.129 e. The zero-order valence-electron chi connectivity index (χ0n) is 12.3. The van der Waals surface area contributed by atoms with Crippen LogP contribution in [0.3, 0.4) is 0 Å². The summed E-state index contributed by atoms with van der Waals surface area (Å²) < 4.78 is 0. The first-order chi connectivity index (χ1) is 10.8. The summed E-state index contributed by atoms with van der Waals surface area (Å²) in [7, 11) is 0. The first-order valence-electron chi connectivity index (χ1n) is 7.72. The second-order valence-electron chi connectivity index (χ2n) is 5.75. The van der Waals surface area contributed by atoms with Gasteiger partial charge in [-0.3, -0.25) is 0 Å². The number of rotatable bonds is 2. The van der Waals surface area contributed by atoms with Crippen molar-refractivity contribution in [2.24, 2.45) is 0 Å². The minimum absolute atomic E-state index is 0.750.